The molecule has 0 amide bonds. The van der Waals surface area contributed by atoms with Gasteiger partial charge in [0.15, 0.2) is 5.78 Å². The van der Waals surface area contributed by atoms with E-state index < -0.39 is 0 Å². The number of halogens is 1. The van der Waals surface area contributed by atoms with E-state index in [2.05, 4.69) is 0 Å². The summed E-state index contributed by atoms with van der Waals surface area (Å²) in [6, 6.07) is 5.60. The third-order valence-corrected chi connectivity index (χ3v) is 3.03. The number of hydrogen-bond acceptors (Lipinski definition) is 3. The normalized spacial score (nSPS) is 10.2. The van der Waals surface area contributed by atoms with Crippen molar-refractivity contribution in [3.05, 3.63) is 34.9 Å². The number of Topliss-reactive ketones (excluding diaryl/α,β-unsaturated/α-hetero) is 1. The summed E-state index contributed by atoms with van der Waals surface area (Å²) in [7, 11) is 0. The second-order valence-corrected chi connectivity index (χ2v) is 4.30. The number of ether oxygens (including phenoxy) is 1. The fourth-order valence-electron chi connectivity index (χ4n) is 1.75. The minimum atomic E-state index is -0.249. The lowest BCUT2D eigenvalue weighted by molar-refractivity contribution is -0.142. The Balaban J connectivity index is 2.84. The van der Waals surface area contributed by atoms with E-state index in [-0.39, 0.29) is 24.1 Å². The molecule has 0 unspecified atom stereocenters. The lowest BCUT2D eigenvalue weighted by atomic mass is 9.97. The third-order valence-electron chi connectivity index (χ3n) is 2.73. The van der Waals surface area contributed by atoms with E-state index in [1.54, 1.807) is 6.92 Å². The van der Waals surface area contributed by atoms with E-state index in [1.807, 2.05) is 25.1 Å². The van der Waals surface area contributed by atoms with Gasteiger partial charge in [0.2, 0.25) is 0 Å². The summed E-state index contributed by atoms with van der Waals surface area (Å²) < 4.78 is 4.92. The smallest absolute Gasteiger partial charge is 0.310 e. The van der Waals surface area contributed by atoms with Gasteiger partial charge in [-0.25, -0.2) is 0 Å². The predicted molar refractivity (Wildman–Crippen MR) is 70.9 cm³/mol. The topological polar surface area (TPSA) is 43.4 Å². The molecule has 0 atom stereocenters. The first-order valence-electron chi connectivity index (χ1n) is 5.89. The molecule has 0 aromatic heterocycles. The van der Waals surface area contributed by atoms with Crippen LogP contribution in [0.4, 0.5) is 0 Å². The summed E-state index contributed by atoms with van der Waals surface area (Å²) in [5.41, 5.74) is 2.78. The van der Waals surface area contributed by atoms with E-state index in [4.69, 9.17) is 16.3 Å². The molecule has 0 fully saturated rings. The minimum Gasteiger partial charge on any atom is -0.466 e. The molecule has 18 heavy (non-hydrogen) atoms. The van der Waals surface area contributed by atoms with Gasteiger partial charge in [0, 0.05) is 6.42 Å². The number of hydrogen-bond donors (Lipinski definition) is 0. The maximum absolute atomic E-state index is 11.4. The molecule has 0 radical (unpaired) electrons. The first-order valence-corrected chi connectivity index (χ1v) is 6.42. The van der Waals surface area contributed by atoms with Crippen molar-refractivity contribution >= 4 is 23.4 Å². The Bertz CT molecular complexity index is 441. The van der Waals surface area contributed by atoms with Crippen LogP contribution in [0.1, 0.15) is 23.6 Å². The van der Waals surface area contributed by atoms with Crippen LogP contribution in [0, 0.1) is 6.92 Å². The molecule has 0 bridgehead atoms. The molecule has 1 aromatic rings. The van der Waals surface area contributed by atoms with Crippen LogP contribution in [0.5, 0.6) is 0 Å². The monoisotopic (exact) mass is 268 g/mol. The highest BCUT2D eigenvalue weighted by Gasteiger charge is 2.11. The van der Waals surface area contributed by atoms with Crippen molar-refractivity contribution in [3.8, 4) is 0 Å². The van der Waals surface area contributed by atoms with Crippen molar-refractivity contribution in [2.45, 2.75) is 26.7 Å². The van der Waals surface area contributed by atoms with Crippen LogP contribution in [0.25, 0.3) is 0 Å². The van der Waals surface area contributed by atoms with Gasteiger partial charge in [0.1, 0.15) is 0 Å². The van der Waals surface area contributed by atoms with Crippen LogP contribution in [0.3, 0.4) is 0 Å². The summed E-state index contributed by atoms with van der Waals surface area (Å²) in [6.45, 7) is 4.06. The molecule has 1 rings (SSSR count). The first kappa shape index (κ1) is 14.7. The van der Waals surface area contributed by atoms with E-state index in [0.29, 0.717) is 13.0 Å². The zero-order valence-electron chi connectivity index (χ0n) is 10.7. The molecule has 1 aromatic carbocycles. The predicted octanol–water partition coefficient (Wildman–Crippen LogP) is 2.45. The van der Waals surface area contributed by atoms with E-state index in [9.17, 15) is 9.59 Å². The van der Waals surface area contributed by atoms with Crippen LogP contribution in [0.15, 0.2) is 18.2 Å². The average Bonchev–Trinajstić information content (AvgIpc) is 2.34. The highest BCUT2D eigenvalue weighted by atomic mass is 35.5. The molecule has 3 nitrogen and oxygen atoms in total. The van der Waals surface area contributed by atoms with Crippen molar-refractivity contribution in [2.24, 2.45) is 0 Å². The number of benzene rings is 1. The van der Waals surface area contributed by atoms with Gasteiger partial charge in [-0.15, -0.1) is 11.6 Å². The number of esters is 1. The second-order valence-electron chi connectivity index (χ2n) is 4.03. The molecular formula is C14H17ClO3. The van der Waals surface area contributed by atoms with E-state index in [1.165, 1.54) is 0 Å². The van der Waals surface area contributed by atoms with E-state index in [0.717, 1.165) is 16.7 Å². The van der Waals surface area contributed by atoms with Gasteiger partial charge in [0.25, 0.3) is 0 Å². The van der Waals surface area contributed by atoms with Crippen LogP contribution >= 0.6 is 11.6 Å². The maximum Gasteiger partial charge on any atom is 0.310 e. The highest BCUT2D eigenvalue weighted by Crippen LogP contribution is 2.16. The van der Waals surface area contributed by atoms with Crippen molar-refractivity contribution in [2.75, 3.05) is 12.5 Å². The Labute approximate surface area is 112 Å². The van der Waals surface area contributed by atoms with Crippen molar-refractivity contribution in [3.63, 3.8) is 0 Å². The van der Waals surface area contributed by atoms with Crippen LogP contribution in [-0.2, 0) is 27.2 Å². The molecule has 0 aliphatic heterocycles. The highest BCUT2D eigenvalue weighted by molar-refractivity contribution is 6.27. The van der Waals surface area contributed by atoms with Crippen molar-refractivity contribution < 1.29 is 14.3 Å². The fourth-order valence-corrected chi connectivity index (χ4v) is 1.84. The van der Waals surface area contributed by atoms with Gasteiger partial charge < -0.3 is 4.74 Å². The summed E-state index contributed by atoms with van der Waals surface area (Å²) in [4.78, 5) is 22.8. The second kappa shape index (κ2) is 7.17. The number of ketones is 1. The average molecular weight is 269 g/mol. The Morgan fingerprint density at radius 3 is 2.39 bits per heavy atom. The van der Waals surface area contributed by atoms with Gasteiger partial charge in [-0.3, -0.25) is 9.59 Å². The van der Waals surface area contributed by atoms with Crippen LogP contribution < -0.4 is 0 Å². The zero-order chi connectivity index (χ0) is 13.5. The van der Waals surface area contributed by atoms with Gasteiger partial charge in [-0.1, -0.05) is 18.2 Å². The largest absolute Gasteiger partial charge is 0.466 e. The molecule has 0 aliphatic rings. The molecule has 4 heteroatoms. The Hall–Kier alpha value is -1.35. The third kappa shape index (κ3) is 4.15. The molecule has 0 saturated heterocycles. The molecule has 0 spiro atoms. The van der Waals surface area contributed by atoms with Crippen LogP contribution in [-0.4, -0.2) is 24.2 Å². The lowest BCUT2D eigenvalue weighted by Crippen LogP contribution is -2.11. The first-order chi connectivity index (χ1) is 8.58. The summed E-state index contributed by atoms with van der Waals surface area (Å²) >= 11 is 5.50. The molecule has 98 valence electrons. The Morgan fingerprint density at radius 1 is 1.22 bits per heavy atom. The van der Waals surface area contributed by atoms with Gasteiger partial charge >= 0.3 is 5.97 Å². The maximum atomic E-state index is 11.4. The molecule has 0 heterocycles. The zero-order valence-corrected chi connectivity index (χ0v) is 11.4. The Kier molecular flexibility index (Phi) is 5.86. The van der Waals surface area contributed by atoms with E-state index >= 15 is 0 Å². The van der Waals surface area contributed by atoms with Crippen molar-refractivity contribution in [1.29, 1.82) is 0 Å². The number of carbonyl (C=O) groups excluding carboxylic acids is 2. The van der Waals surface area contributed by atoms with Crippen LogP contribution in [0.2, 0.25) is 0 Å². The summed E-state index contributed by atoms with van der Waals surface area (Å²) in [5.74, 6) is -0.254. The standard InChI is InChI=1S/C14H17ClO3/c1-3-18-14(17)8-12-6-4-5-11(10(12)2)7-13(16)9-15/h4-6H,3,7-9H2,1-2H3. The molecular weight excluding hydrogens is 252 g/mol. The van der Waals surface area contributed by atoms with Crippen molar-refractivity contribution in [1.82, 2.24) is 0 Å². The van der Waals surface area contributed by atoms with Gasteiger partial charge in [-0.05, 0) is 30.5 Å². The quantitative estimate of drug-likeness (QED) is 0.588. The molecule has 0 N–H and O–H groups in total. The Morgan fingerprint density at radius 2 is 1.83 bits per heavy atom. The molecule has 0 aliphatic carbocycles. The number of alkyl halides is 1. The van der Waals surface area contributed by atoms with Gasteiger partial charge in [0.05, 0.1) is 18.9 Å². The lowest BCUT2D eigenvalue weighted by Gasteiger charge is -2.10. The fraction of sp³-hybridized carbons (Fsp3) is 0.429. The van der Waals surface area contributed by atoms with Gasteiger partial charge in [-0.2, -0.15) is 0 Å². The number of carbonyl (C=O) groups is 2. The molecule has 0 saturated carbocycles. The summed E-state index contributed by atoms with van der Waals surface area (Å²) in [5, 5.41) is 0. The minimum absolute atomic E-state index is 0.0154. The summed E-state index contributed by atoms with van der Waals surface area (Å²) in [6.07, 6.45) is 0.550. The SMILES string of the molecule is CCOC(=O)Cc1cccc(CC(=O)CCl)c1C. The number of rotatable bonds is 6.